The number of aliphatic hydroxyl groups excluding tert-OH is 1. The lowest BCUT2D eigenvalue weighted by atomic mass is 10.0. The summed E-state index contributed by atoms with van der Waals surface area (Å²) < 4.78 is 0. The van der Waals surface area contributed by atoms with Gasteiger partial charge in [-0.1, -0.05) is 0 Å². The van der Waals surface area contributed by atoms with Gasteiger partial charge in [0.1, 0.15) is 17.2 Å². The second-order valence-electron chi connectivity index (χ2n) is 3.02. The first-order valence-corrected chi connectivity index (χ1v) is 4.17. The molecular formula is C9H13NO4. The zero-order chi connectivity index (χ0) is 10.7. The van der Waals surface area contributed by atoms with Crippen molar-refractivity contribution in [1.82, 2.24) is 0 Å². The zero-order valence-electron chi connectivity index (χ0n) is 7.51. The lowest BCUT2D eigenvalue weighted by Crippen LogP contribution is -2.12. The molecule has 0 aromatic heterocycles. The first-order chi connectivity index (χ1) is 6.56. The number of aromatic hydroxyl groups is 3. The van der Waals surface area contributed by atoms with Crippen molar-refractivity contribution >= 4 is 0 Å². The average Bonchev–Trinajstić information content (AvgIpc) is 2.01. The number of rotatable bonds is 3. The molecule has 0 amide bonds. The molecule has 0 radical (unpaired) electrons. The lowest BCUT2D eigenvalue weighted by molar-refractivity contribution is 0.274. The van der Waals surface area contributed by atoms with Crippen molar-refractivity contribution < 1.29 is 20.4 Å². The van der Waals surface area contributed by atoms with Gasteiger partial charge in [0.15, 0.2) is 0 Å². The van der Waals surface area contributed by atoms with Crippen molar-refractivity contribution in [2.24, 2.45) is 5.73 Å². The Morgan fingerprint density at radius 3 is 2.07 bits per heavy atom. The van der Waals surface area contributed by atoms with Crippen LogP contribution in [0.1, 0.15) is 18.0 Å². The molecule has 0 bridgehead atoms. The summed E-state index contributed by atoms with van der Waals surface area (Å²) in [6.07, 6.45) is 0.228. The van der Waals surface area contributed by atoms with Crippen molar-refractivity contribution in [1.29, 1.82) is 0 Å². The third kappa shape index (κ3) is 2.07. The van der Waals surface area contributed by atoms with Gasteiger partial charge >= 0.3 is 0 Å². The van der Waals surface area contributed by atoms with E-state index < -0.39 is 6.04 Å². The molecule has 1 atom stereocenters. The Kier molecular flexibility index (Phi) is 3.16. The van der Waals surface area contributed by atoms with Gasteiger partial charge in [-0.05, 0) is 6.42 Å². The molecule has 5 heteroatoms. The quantitative estimate of drug-likeness (QED) is 0.477. The third-order valence-corrected chi connectivity index (χ3v) is 1.93. The topological polar surface area (TPSA) is 107 Å². The highest BCUT2D eigenvalue weighted by Crippen LogP contribution is 2.36. The number of hydrogen-bond acceptors (Lipinski definition) is 5. The Labute approximate surface area is 81.0 Å². The van der Waals surface area contributed by atoms with Gasteiger partial charge in [0.2, 0.25) is 0 Å². The van der Waals surface area contributed by atoms with Gasteiger partial charge < -0.3 is 26.2 Å². The Balaban J connectivity index is 3.07. The Bertz CT molecular complexity index is 304. The van der Waals surface area contributed by atoms with Crippen LogP contribution in [-0.4, -0.2) is 27.0 Å². The van der Waals surface area contributed by atoms with Crippen molar-refractivity contribution in [3.05, 3.63) is 17.7 Å². The maximum Gasteiger partial charge on any atom is 0.127 e. The monoisotopic (exact) mass is 199 g/mol. The molecule has 1 unspecified atom stereocenters. The van der Waals surface area contributed by atoms with Crippen molar-refractivity contribution in [3.63, 3.8) is 0 Å². The molecule has 0 saturated heterocycles. The summed E-state index contributed by atoms with van der Waals surface area (Å²) in [6, 6.07) is 1.53. The predicted octanol–water partition coefficient (Wildman–Crippen LogP) is 0.186. The minimum Gasteiger partial charge on any atom is -0.508 e. The summed E-state index contributed by atoms with van der Waals surface area (Å²) in [6.45, 7) is -0.138. The molecule has 0 saturated carbocycles. The van der Waals surface area contributed by atoms with Gasteiger partial charge in [-0.3, -0.25) is 0 Å². The first kappa shape index (κ1) is 10.6. The number of benzene rings is 1. The minimum atomic E-state index is -0.652. The summed E-state index contributed by atoms with van der Waals surface area (Å²) in [4.78, 5) is 0. The fraction of sp³-hybridized carbons (Fsp3) is 0.333. The molecule has 78 valence electrons. The van der Waals surface area contributed by atoms with Gasteiger partial charge in [-0.2, -0.15) is 0 Å². The van der Waals surface area contributed by atoms with Gasteiger partial charge in [-0.25, -0.2) is 0 Å². The first-order valence-electron chi connectivity index (χ1n) is 4.17. The normalized spacial score (nSPS) is 12.7. The number of phenols is 3. The molecule has 0 aliphatic rings. The van der Waals surface area contributed by atoms with Crippen LogP contribution in [0.15, 0.2) is 12.1 Å². The lowest BCUT2D eigenvalue weighted by Gasteiger charge is -2.14. The number of aliphatic hydroxyl groups is 1. The summed E-state index contributed by atoms with van der Waals surface area (Å²) in [5.41, 5.74) is 5.73. The molecule has 0 heterocycles. The highest BCUT2D eigenvalue weighted by Gasteiger charge is 2.16. The Hall–Kier alpha value is -1.46. The van der Waals surface area contributed by atoms with Crippen LogP contribution >= 0.6 is 0 Å². The SMILES string of the molecule is NC(CCO)c1c(O)cc(O)cc1O. The van der Waals surface area contributed by atoms with Crippen LogP contribution in [0.3, 0.4) is 0 Å². The molecule has 6 N–H and O–H groups in total. The second kappa shape index (κ2) is 4.17. The Morgan fingerprint density at radius 1 is 1.14 bits per heavy atom. The number of phenolic OH excluding ortho intramolecular Hbond substituents is 3. The van der Waals surface area contributed by atoms with E-state index in [9.17, 15) is 10.2 Å². The molecule has 0 fully saturated rings. The smallest absolute Gasteiger partial charge is 0.127 e. The van der Waals surface area contributed by atoms with Gasteiger partial charge in [-0.15, -0.1) is 0 Å². The largest absolute Gasteiger partial charge is 0.508 e. The maximum atomic E-state index is 9.39. The standard InChI is InChI=1S/C9H13NO4/c10-6(1-2-11)9-7(13)3-5(12)4-8(9)14/h3-4,6,11-14H,1-2,10H2. The van der Waals surface area contributed by atoms with Crippen LogP contribution in [0.2, 0.25) is 0 Å². The van der Waals surface area contributed by atoms with Crippen LogP contribution in [-0.2, 0) is 0 Å². The molecule has 14 heavy (non-hydrogen) atoms. The summed E-state index contributed by atoms with van der Waals surface area (Å²) in [7, 11) is 0. The molecule has 0 spiro atoms. The van der Waals surface area contributed by atoms with E-state index in [-0.39, 0.29) is 35.8 Å². The fourth-order valence-electron chi connectivity index (χ4n) is 1.27. The molecule has 1 aromatic carbocycles. The van der Waals surface area contributed by atoms with Gasteiger partial charge in [0.25, 0.3) is 0 Å². The van der Waals surface area contributed by atoms with Crippen LogP contribution in [0.4, 0.5) is 0 Å². The summed E-state index contributed by atoms with van der Waals surface area (Å²) >= 11 is 0. The van der Waals surface area contributed by atoms with E-state index in [1.54, 1.807) is 0 Å². The highest BCUT2D eigenvalue weighted by molar-refractivity contribution is 5.50. The van der Waals surface area contributed by atoms with E-state index in [0.29, 0.717) is 0 Å². The zero-order valence-corrected chi connectivity index (χ0v) is 7.51. The van der Waals surface area contributed by atoms with Gasteiger partial charge in [0, 0.05) is 24.8 Å². The third-order valence-electron chi connectivity index (χ3n) is 1.93. The molecular weight excluding hydrogens is 186 g/mol. The molecule has 0 aliphatic heterocycles. The van der Waals surface area contributed by atoms with E-state index in [4.69, 9.17) is 15.9 Å². The van der Waals surface area contributed by atoms with Crippen molar-refractivity contribution in [3.8, 4) is 17.2 Å². The van der Waals surface area contributed by atoms with E-state index in [0.717, 1.165) is 12.1 Å². The van der Waals surface area contributed by atoms with Crippen LogP contribution in [0.5, 0.6) is 17.2 Å². The van der Waals surface area contributed by atoms with Crippen molar-refractivity contribution in [2.75, 3.05) is 6.61 Å². The minimum absolute atomic E-state index is 0.136. The van der Waals surface area contributed by atoms with Crippen LogP contribution in [0.25, 0.3) is 0 Å². The van der Waals surface area contributed by atoms with E-state index >= 15 is 0 Å². The molecule has 1 rings (SSSR count). The highest BCUT2D eigenvalue weighted by atomic mass is 16.3. The van der Waals surface area contributed by atoms with E-state index in [1.165, 1.54) is 0 Å². The summed E-state index contributed by atoms with van der Waals surface area (Å²) in [5, 5.41) is 36.4. The molecule has 0 aliphatic carbocycles. The number of nitrogens with two attached hydrogens (primary N) is 1. The van der Waals surface area contributed by atoms with Gasteiger partial charge in [0.05, 0.1) is 5.56 Å². The average molecular weight is 199 g/mol. The van der Waals surface area contributed by atoms with E-state index in [2.05, 4.69) is 0 Å². The predicted molar refractivity (Wildman–Crippen MR) is 50.1 cm³/mol. The Morgan fingerprint density at radius 2 is 1.64 bits per heavy atom. The second-order valence-corrected chi connectivity index (χ2v) is 3.02. The fourth-order valence-corrected chi connectivity index (χ4v) is 1.27. The van der Waals surface area contributed by atoms with Crippen LogP contribution < -0.4 is 5.73 Å². The van der Waals surface area contributed by atoms with Crippen molar-refractivity contribution in [2.45, 2.75) is 12.5 Å². The maximum absolute atomic E-state index is 9.39. The number of hydrogen-bond donors (Lipinski definition) is 5. The molecule has 1 aromatic rings. The molecule has 5 nitrogen and oxygen atoms in total. The van der Waals surface area contributed by atoms with E-state index in [1.807, 2.05) is 0 Å². The summed E-state index contributed by atoms with van der Waals surface area (Å²) in [5.74, 6) is -0.785. The van der Waals surface area contributed by atoms with Crippen LogP contribution in [0, 0.1) is 0 Å².